The third-order valence-corrected chi connectivity index (χ3v) is 5.00. The number of halogens is 1. The zero-order valence-electron chi connectivity index (χ0n) is 10.8. The van der Waals surface area contributed by atoms with Gasteiger partial charge in [0.15, 0.2) is 5.79 Å². The first-order chi connectivity index (χ1) is 9.28. The van der Waals surface area contributed by atoms with Crippen LogP contribution in [0.4, 0.5) is 0 Å². The molecule has 2 nitrogen and oxygen atoms in total. The van der Waals surface area contributed by atoms with Crippen molar-refractivity contribution in [1.29, 1.82) is 0 Å². The van der Waals surface area contributed by atoms with Gasteiger partial charge in [-0.25, -0.2) is 0 Å². The van der Waals surface area contributed by atoms with E-state index in [4.69, 9.17) is 21.1 Å². The lowest BCUT2D eigenvalue weighted by Gasteiger charge is -2.27. The zero-order valence-corrected chi connectivity index (χ0v) is 11.5. The predicted molar refractivity (Wildman–Crippen MR) is 74.9 cm³/mol. The van der Waals surface area contributed by atoms with Gasteiger partial charge < -0.3 is 9.47 Å². The van der Waals surface area contributed by atoms with E-state index in [2.05, 4.69) is 18.2 Å². The van der Waals surface area contributed by atoms with Crippen LogP contribution < -0.4 is 0 Å². The average molecular weight is 277 g/mol. The van der Waals surface area contributed by atoms with E-state index in [9.17, 15) is 0 Å². The molecule has 1 spiro atoms. The second kappa shape index (κ2) is 4.34. The Hall–Kier alpha value is -0.830. The van der Waals surface area contributed by atoms with Crippen LogP contribution in [0.1, 0.15) is 24.8 Å². The fraction of sp³-hybridized carbons (Fsp3) is 0.500. The standard InChI is InChI=1S/C16H17ClO2/c17-14-4-1-11(2-5-14)9-12-10-13-3-6-15(12)16(13)18-7-8-19-16/h1-2,4-5,9,13,15H,3,6-8,10H2. The molecule has 0 N–H and O–H groups in total. The molecule has 1 aliphatic heterocycles. The maximum atomic E-state index is 5.99. The van der Waals surface area contributed by atoms with Crippen LogP contribution in [0, 0.1) is 11.8 Å². The van der Waals surface area contributed by atoms with Crippen LogP contribution in [0.3, 0.4) is 0 Å². The van der Waals surface area contributed by atoms with E-state index in [1.54, 1.807) is 0 Å². The maximum Gasteiger partial charge on any atom is 0.178 e. The summed E-state index contributed by atoms with van der Waals surface area (Å²) in [6.07, 6.45) is 5.85. The number of benzene rings is 1. The number of hydrogen-bond acceptors (Lipinski definition) is 2. The lowest BCUT2D eigenvalue weighted by Crippen LogP contribution is -2.35. The number of hydrogen-bond donors (Lipinski definition) is 0. The smallest absolute Gasteiger partial charge is 0.178 e. The van der Waals surface area contributed by atoms with Crippen LogP contribution in [0.15, 0.2) is 29.8 Å². The quantitative estimate of drug-likeness (QED) is 0.775. The zero-order chi connectivity index (χ0) is 12.9. The van der Waals surface area contributed by atoms with Gasteiger partial charge in [0.2, 0.25) is 0 Å². The predicted octanol–water partition coefficient (Wildman–Crippen LogP) is 3.90. The summed E-state index contributed by atoms with van der Waals surface area (Å²) < 4.78 is 12.0. The molecule has 0 radical (unpaired) electrons. The molecule has 1 aromatic rings. The van der Waals surface area contributed by atoms with Gasteiger partial charge in [-0.3, -0.25) is 0 Å². The molecule has 3 heteroatoms. The molecule has 1 saturated heterocycles. The van der Waals surface area contributed by atoms with Crippen molar-refractivity contribution in [2.24, 2.45) is 11.8 Å². The van der Waals surface area contributed by atoms with E-state index in [-0.39, 0.29) is 5.79 Å². The van der Waals surface area contributed by atoms with Crippen molar-refractivity contribution in [2.45, 2.75) is 25.0 Å². The molecule has 4 rings (SSSR count). The summed E-state index contributed by atoms with van der Waals surface area (Å²) in [5.41, 5.74) is 2.71. The minimum absolute atomic E-state index is 0.280. The summed E-state index contributed by atoms with van der Waals surface area (Å²) in [6.45, 7) is 1.50. The van der Waals surface area contributed by atoms with Gasteiger partial charge >= 0.3 is 0 Å². The minimum Gasteiger partial charge on any atom is -0.347 e. The second-order valence-electron chi connectivity index (χ2n) is 5.72. The monoisotopic (exact) mass is 276 g/mol. The lowest BCUT2D eigenvalue weighted by atomic mass is 9.93. The largest absolute Gasteiger partial charge is 0.347 e. The third-order valence-electron chi connectivity index (χ3n) is 4.75. The number of rotatable bonds is 1. The SMILES string of the molecule is Clc1ccc(C=C2CC3CCC2C32OCCO2)cc1. The van der Waals surface area contributed by atoms with E-state index in [0.29, 0.717) is 11.8 Å². The summed E-state index contributed by atoms with van der Waals surface area (Å²) in [7, 11) is 0. The Balaban J connectivity index is 1.65. The van der Waals surface area contributed by atoms with Crippen molar-refractivity contribution in [3.8, 4) is 0 Å². The van der Waals surface area contributed by atoms with E-state index < -0.39 is 0 Å². The van der Waals surface area contributed by atoms with Crippen LogP contribution >= 0.6 is 11.6 Å². The summed E-state index contributed by atoms with van der Waals surface area (Å²) in [5.74, 6) is 0.729. The van der Waals surface area contributed by atoms with Crippen LogP contribution in [0.2, 0.25) is 5.02 Å². The Morgan fingerprint density at radius 3 is 2.58 bits per heavy atom. The molecule has 1 aromatic carbocycles. The van der Waals surface area contributed by atoms with Gasteiger partial charge in [-0.15, -0.1) is 0 Å². The minimum atomic E-state index is -0.280. The van der Waals surface area contributed by atoms with E-state index in [1.165, 1.54) is 24.0 Å². The van der Waals surface area contributed by atoms with Gasteiger partial charge in [-0.2, -0.15) is 0 Å². The molecule has 1 heterocycles. The van der Waals surface area contributed by atoms with Crippen molar-refractivity contribution in [3.05, 3.63) is 40.4 Å². The first-order valence-corrected chi connectivity index (χ1v) is 7.40. The highest BCUT2D eigenvalue weighted by Gasteiger charge is 2.60. The van der Waals surface area contributed by atoms with Crippen molar-refractivity contribution in [3.63, 3.8) is 0 Å². The number of ether oxygens (including phenoxy) is 2. The summed E-state index contributed by atoms with van der Waals surface area (Å²) in [6, 6.07) is 8.04. The van der Waals surface area contributed by atoms with Crippen LogP contribution in [-0.2, 0) is 9.47 Å². The van der Waals surface area contributed by atoms with Crippen molar-refractivity contribution >= 4 is 17.7 Å². The first kappa shape index (κ1) is 12.0. The van der Waals surface area contributed by atoms with E-state index in [1.807, 2.05) is 12.1 Å². The normalized spacial score (nSPS) is 33.6. The summed E-state index contributed by atoms with van der Waals surface area (Å²) >= 11 is 5.93. The summed E-state index contributed by atoms with van der Waals surface area (Å²) in [5, 5.41) is 0.786. The van der Waals surface area contributed by atoms with Crippen molar-refractivity contribution in [2.75, 3.05) is 13.2 Å². The molecule has 3 aliphatic rings. The van der Waals surface area contributed by atoms with Gasteiger partial charge in [0.05, 0.1) is 13.2 Å². The highest BCUT2D eigenvalue weighted by Crippen LogP contribution is 2.59. The molecule has 100 valence electrons. The Kier molecular flexibility index (Phi) is 2.73. The molecule has 0 aromatic heterocycles. The molecule has 3 fully saturated rings. The first-order valence-electron chi connectivity index (χ1n) is 7.02. The van der Waals surface area contributed by atoms with Gasteiger partial charge in [0, 0.05) is 16.9 Å². The van der Waals surface area contributed by atoms with Gasteiger partial charge in [-0.1, -0.05) is 35.4 Å². The average Bonchev–Trinajstić information content (AvgIpc) is 3.10. The van der Waals surface area contributed by atoms with Gasteiger partial charge in [0.1, 0.15) is 0 Å². The van der Waals surface area contributed by atoms with E-state index in [0.717, 1.165) is 24.7 Å². The molecule has 2 saturated carbocycles. The molecular formula is C16H17ClO2. The van der Waals surface area contributed by atoms with Crippen LogP contribution in [0.5, 0.6) is 0 Å². The van der Waals surface area contributed by atoms with E-state index >= 15 is 0 Å². The second-order valence-corrected chi connectivity index (χ2v) is 6.16. The maximum absolute atomic E-state index is 5.99. The highest BCUT2D eigenvalue weighted by molar-refractivity contribution is 6.30. The molecule has 2 atom stereocenters. The highest BCUT2D eigenvalue weighted by atomic mass is 35.5. The van der Waals surface area contributed by atoms with Crippen molar-refractivity contribution < 1.29 is 9.47 Å². The fourth-order valence-corrected chi connectivity index (χ4v) is 4.11. The van der Waals surface area contributed by atoms with Crippen LogP contribution in [-0.4, -0.2) is 19.0 Å². The lowest BCUT2D eigenvalue weighted by molar-refractivity contribution is -0.185. The molecule has 2 aliphatic carbocycles. The fourth-order valence-electron chi connectivity index (χ4n) is 3.98. The Labute approximate surface area is 118 Å². The molecule has 2 bridgehead atoms. The molecule has 0 amide bonds. The Morgan fingerprint density at radius 1 is 1.11 bits per heavy atom. The molecule has 2 unspecified atom stereocenters. The van der Waals surface area contributed by atoms with Gasteiger partial charge in [-0.05, 0) is 37.0 Å². The van der Waals surface area contributed by atoms with Gasteiger partial charge in [0.25, 0.3) is 0 Å². The van der Waals surface area contributed by atoms with Crippen LogP contribution in [0.25, 0.3) is 6.08 Å². The Morgan fingerprint density at radius 2 is 1.84 bits per heavy atom. The molecular weight excluding hydrogens is 260 g/mol. The Bertz CT molecular complexity index is 514. The summed E-state index contributed by atoms with van der Waals surface area (Å²) in [4.78, 5) is 0. The molecule has 19 heavy (non-hydrogen) atoms. The van der Waals surface area contributed by atoms with Crippen molar-refractivity contribution in [1.82, 2.24) is 0 Å². The third kappa shape index (κ3) is 1.78. The topological polar surface area (TPSA) is 18.5 Å².